The Hall–Kier alpha value is -3.91. The Bertz CT molecular complexity index is 1390. The van der Waals surface area contributed by atoms with Gasteiger partial charge in [0.1, 0.15) is 18.0 Å². The normalized spacial score (nSPS) is 12.8. The number of thiophene rings is 1. The van der Waals surface area contributed by atoms with Crippen molar-refractivity contribution < 1.29 is 14.3 Å². The number of hydrogen-bond donors (Lipinski definition) is 0. The molecule has 0 spiro atoms. The fraction of sp³-hybridized carbons (Fsp3) is 0.192. The summed E-state index contributed by atoms with van der Waals surface area (Å²) in [6, 6.07) is 17.2. The molecule has 2 aromatic carbocycles. The highest BCUT2D eigenvalue weighted by atomic mass is 32.1. The van der Waals surface area contributed by atoms with Gasteiger partial charge in [-0.25, -0.2) is 4.98 Å². The number of carbonyl (C=O) groups is 1. The van der Waals surface area contributed by atoms with Gasteiger partial charge in [0.25, 0.3) is 5.56 Å². The smallest absolute Gasteiger partial charge is 0.262 e. The third-order valence-electron chi connectivity index (χ3n) is 5.55. The van der Waals surface area contributed by atoms with Crippen molar-refractivity contribution in [2.45, 2.75) is 13.0 Å². The maximum absolute atomic E-state index is 13.3. The number of aromatic nitrogens is 2. The first-order valence-corrected chi connectivity index (χ1v) is 11.9. The van der Waals surface area contributed by atoms with Crippen molar-refractivity contribution in [1.29, 1.82) is 0 Å². The molecule has 172 valence electrons. The quantitative estimate of drug-likeness (QED) is 0.399. The molecule has 0 N–H and O–H groups in total. The lowest BCUT2D eigenvalue weighted by Crippen LogP contribution is -2.33. The van der Waals surface area contributed by atoms with E-state index >= 15 is 0 Å². The first-order valence-electron chi connectivity index (χ1n) is 11.0. The second kappa shape index (κ2) is 9.93. The zero-order valence-electron chi connectivity index (χ0n) is 18.4. The van der Waals surface area contributed by atoms with Crippen LogP contribution in [0.1, 0.15) is 12.0 Å². The number of nitrogens with zero attached hydrogens (tertiary/aromatic N) is 3. The number of amides is 1. The zero-order chi connectivity index (χ0) is 23.3. The molecule has 7 nitrogen and oxygen atoms in total. The van der Waals surface area contributed by atoms with E-state index in [-0.39, 0.29) is 24.4 Å². The van der Waals surface area contributed by atoms with E-state index in [1.165, 1.54) is 22.2 Å². The van der Waals surface area contributed by atoms with Crippen LogP contribution in [-0.2, 0) is 11.3 Å². The van der Waals surface area contributed by atoms with Crippen LogP contribution in [0.5, 0.6) is 11.5 Å². The van der Waals surface area contributed by atoms with Gasteiger partial charge in [0.05, 0.1) is 11.7 Å². The average Bonchev–Trinajstić information content (AvgIpc) is 3.36. The van der Waals surface area contributed by atoms with E-state index < -0.39 is 0 Å². The van der Waals surface area contributed by atoms with Crippen LogP contribution < -0.4 is 19.9 Å². The summed E-state index contributed by atoms with van der Waals surface area (Å²) >= 11 is 1.43. The van der Waals surface area contributed by atoms with E-state index in [0.29, 0.717) is 47.2 Å². The van der Waals surface area contributed by atoms with Crippen LogP contribution in [0.4, 0.5) is 5.69 Å². The standard InChI is InChI=1S/C26H23N3O4S/c30-24(10-13-28-18-27-25-21(26(28)31)11-16-34-25)29(12-4-7-19-5-2-1-3-6-19)20-8-9-22-23(17-20)33-15-14-32-22/h1-9,11,16-18H,10,12-15H2/b7-4+. The number of fused-ring (bicyclic) bond motifs is 2. The van der Waals surface area contributed by atoms with Crippen LogP contribution in [0.3, 0.4) is 0 Å². The van der Waals surface area contributed by atoms with Crippen LogP contribution in [0.15, 0.2) is 77.2 Å². The molecule has 0 saturated heterocycles. The van der Waals surface area contributed by atoms with E-state index in [9.17, 15) is 9.59 Å². The molecule has 0 atom stereocenters. The zero-order valence-corrected chi connectivity index (χ0v) is 19.2. The Morgan fingerprint density at radius 3 is 2.76 bits per heavy atom. The summed E-state index contributed by atoms with van der Waals surface area (Å²) in [4.78, 5) is 32.8. The lowest BCUT2D eigenvalue weighted by Gasteiger charge is -2.25. The summed E-state index contributed by atoms with van der Waals surface area (Å²) in [6.45, 7) is 1.61. The number of rotatable bonds is 7. The van der Waals surface area contributed by atoms with Crippen LogP contribution in [0, 0.1) is 0 Å². The lowest BCUT2D eigenvalue weighted by molar-refractivity contribution is -0.118. The third kappa shape index (κ3) is 4.72. The second-order valence-corrected chi connectivity index (χ2v) is 8.67. The van der Waals surface area contributed by atoms with Crippen molar-refractivity contribution in [3.63, 3.8) is 0 Å². The van der Waals surface area contributed by atoms with Crippen molar-refractivity contribution in [3.05, 3.63) is 88.3 Å². The minimum Gasteiger partial charge on any atom is -0.486 e. The maximum atomic E-state index is 13.3. The molecule has 5 rings (SSSR count). The highest BCUT2D eigenvalue weighted by Crippen LogP contribution is 2.34. The topological polar surface area (TPSA) is 73.7 Å². The number of anilines is 1. The molecule has 8 heteroatoms. The number of ether oxygens (including phenoxy) is 2. The van der Waals surface area contributed by atoms with E-state index in [4.69, 9.17) is 9.47 Å². The summed E-state index contributed by atoms with van der Waals surface area (Å²) in [5.41, 5.74) is 1.64. The first-order chi connectivity index (χ1) is 16.7. The lowest BCUT2D eigenvalue weighted by atomic mass is 10.2. The molecule has 1 aliphatic heterocycles. The van der Waals surface area contributed by atoms with Crippen molar-refractivity contribution in [2.75, 3.05) is 24.7 Å². The van der Waals surface area contributed by atoms with Gasteiger partial charge in [-0.3, -0.25) is 14.2 Å². The summed E-state index contributed by atoms with van der Waals surface area (Å²) in [6.07, 6.45) is 5.61. The number of aryl methyl sites for hydroxylation is 1. The molecule has 1 aliphatic rings. The highest BCUT2D eigenvalue weighted by molar-refractivity contribution is 7.16. The number of hydrogen-bond acceptors (Lipinski definition) is 6. The van der Waals surface area contributed by atoms with Crippen LogP contribution >= 0.6 is 11.3 Å². The van der Waals surface area contributed by atoms with Gasteiger partial charge in [0.15, 0.2) is 11.5 Å². The molecule has 34 heavy (non-hydrogen) atoms. The van der Waals surface area contributed by atoms with Crippen molar-refractivity contribution in [1.82, 2.24) is 9.55 Å². The van der Waals surface area contributed by atoms with Gasteiger partial charge in [-0.1, -0.05) is 42.5 Å². The van der Waals surface area contributed by atoms with E-state index in [2.05, 4.69) is 4.98 Å². The third-order valence-corrected chi connectivity index (χ3v) is 6.37. The molecular weight excluding hydrogens is 450 g/mol. The Labute approximate surface area is 200 Å². The summed E-state index contributed by atoms with van der Waals surface area (Å²) in [5.74, 6) is 1.19. The number of benzene rings is 2. The average molecular weight is 474 g/mol. The molecular formula is C26H23N3O4S. The molecule has 4 aromatic rings. The van der Waals surface area contributed by atoms with Gasteiger partial charge in [-0.2, -0.15) is 0 Å². The molecule has 0 radical (unpaired) electrons. The fourth-order valence-corrected chi connectivity index (χ4v) is 4.54. The Morgan fingerprint density at radius 1 is 1.09 bits per heavy atom. The minimum absolute atomic E-state index is 0.105. The molecule has 3 heterocycles. The van der Waals surface area contributed by atoms with E-state index in [1.807, 2.05) is 66.1 Å². The molecule has 0 bridgehead atoms. The van der Waals surface area contributed by atoms with Crippen LogP contribution in [0.25, 0.3) is 16.3 Å². The van der Waals surface area contributed by atoms with Gasteiger partial charge in [0.2, 0.25) is 5.91 Å². The molecule has 2 aromatic heterocycles. The predicted molar refractivity (Wildman–Crippen MR) is 134 cm³/mol. The first kappa shape index (κ1) is 21.9. The second-order valence-electron chi connectivity index (χ2n) is 7.78. The van der Waals surface area contributed by atoms with Gasteiger partial charge in [0, 0.05) is 31.3 Å². The van der Waals surface area contributed by atoms with Crippen molar-refractivity contribution in [2.24, 2.45) is 0 Å². The Kier molecular flexibility index (Phi) is 6.40. The molecule has 0 aliphatic carbocycles. The molecule has 0 unspecified atom stereocenters. The molecule has 0 saturated carbocycles. The van der Waals surface area contributed by atoms with Crippen molar-refractivity contribution in [3.8, 4) is 11.5 Å². The minimum atomic E-state index is -0.131. The van der Waals surface area contributed by atoms with E-state index in [1.54, 1.807) is 11.0 Å². The van der Waals surface area contributed by atoms with Crippen molar-refractivity contribution >= 4 is 39.2 Å². The van der Waals surface area contributed by atoms with Gasteiger partial charge < -0.3 is 14.4 Å². The number of carbonyl (C=O) groups excluding carboxylic acids is 1. The van der Waals surface area contributed by atoms with E-state index in [0.717, 1.165) is 5.56 Å². The summed E-state index contributed by atoms with van der Waals surface area (Å²) < 4.78 is 12.8. The summed E-state index contributed by atoms with van der Waals surface area (Å²) in [7, 11) is 0. The van der Waals surface area contributed by atoms with Crippen LogP contribution in [0.2, 0.25) is 0 Å². The monoisotopic (exact) mass is 473 g/mol. The highest BCUT2D eigenvalue weighted by Gasteiger charge is 2.19. The van der Waals surface area contributed by atoms with Gasteiger partial charge >= 0.3 is 0 Å². The van der Waals surface area contributed by atoms with Gasteiger partial charge in [-0.15, -0.1) is 11.3 Å². The Balaban J connectivity index is 1.37. The summed E-state index contributed by atoms with van der Waals surface area (Å²) in [5, 5.41) is 2.42. The van der Waals surface area contributed by atoms with Crippen LogP contribution in [-0.4, -0.2) is 35.2 Å². The predicted octanol–water partition coefficient (Wildman–Crippen LogP) is 4.37. The maximum Gasteiger partial charge on any atom is 0.262 e. The Morgan fingerprint density at radius 2 is 1.91 bits per heavy atom. The fourth-order valence-electron chi connectivity index (χ4n) is 3.81. The SMILES string of the molecule is O=C(CCn1cnc2sccc2c1=O)N(C/C=C/c1ccccc1)c1ccc2c(c1)OCCO2. The molecule has 1 amide bonds. The van der Waals surface area contributed by atoms with Gasteiger partial charge in [-0.05, 0) is 29.1 Å². The largest absolute Gasteiger partial charge is 0.486 e. The molecule has 0 fully saturated rings.